The summed E-state index contributed by atoms with van der Waals surface area (Å²) in [5.41, 5.74) is 4.00. The number of anilines is 4. The van der Waals surface area contributed by atoms with Crippen molar-refractivity contribution in [2.75, 3.05) is 23.7 Å². The fourth-order valence-corrected chi connectivity index (χ4v) is 3.96. The summed E-state index contributed by atoms with van der Waals surface area (Å²) in [7, 11) is 0. The number of aryl methyl sites for hydroxylation is 1. The van der Waals surface area contributed by atoms with Crippen molar-refractivity contribution in [2.24, 2.45) is 0 Å². The highest BCUT2D eigenvalue weighted by Crippen LogP contribution is 2.27. The normalized spacial score (nSPS) is 14.1. The Morgan fingerprint density at radius 2 is 1.55 bits per heavy atom. The average molecular weight is 439 g/mol. The first kappa shape index (κ1) is 21.0. The first-order valence-electron chi connectivity index (χ1n) is 11.2. The van der Waals surface area contributed by atoms with Gasteiger partial charge in [0.25, 0.3) is 0 Å². The smallest absolute Gasteiger partial charge is 0.229 e. The predicted molar refractivity (Wildman–Crippen MR) is 130 cm³/mol. The van der Waals surface area contributed by atoms with E-state index in [1.54, 1.807) is 24.5 Å². The van der Waals surface area contributed by atoms with Crippen molar-refractivity contribution in [3.8, 4) is 11.5 Å². The van der Waals surface area contributed by atoms with Gasteiger partial charge in [0.05, 0.1) is 0 Å². The second kappa shape index (κ2) is 9.70. The minimum Gasteiger partial charge on any atom is -0.325 e. The molecule has 0 saturated carbocycles. The van der Waals surface area contributed by atoms with Crippen LogP contribution in [-0.2, 0) is 0 Å². The second-order valence-electron chi connectivity index (χ2n) is 8.09. The predicted octanol–water partition coefficient (Wildman–Crippen LogP) is 4.59. The van der Waals surface area contributed by atoms with Crippen LogP contribution in [0.5, 0.6) is 0 Å². The third kappa shape index (κ3) is 5.30. The zero-order valence-corrected chi connectivity index (χ0v) is 18.5. The lowest BCUT2D eigenvalue weighted by Crippen LogP contribution is -2.26. The number of piperidine rings is 1. The van der Waals surface area contributed by atoms with Crippen LogP contribution in [0.25, 0.3) is 11.5 Å². The van der Waals surface area contributed by atoms with E-state index in [4.69, 9.17) is 0 Å². The Hall–Kier alpha value is -3.91. The van der Waals surface area contributed by atoms with Crippen LogP contribution in [0, 0.1) is 6.92 Å². The van der Waals surface area contributed by atoms with E-state index in [2.05, 4.69) is 65.1 Å². The maximum atomic E-state index is 4.58. The van der Waals surface area contributed by atoms with Crippen molar-refractivity contribution < 1.29 is 0 Å². The molecule has 0 unspecified atom stereocenters. The van der Waals surface area contributed by atoms with Gasteiger partial charge in [-0.1, -0.05) is 18.2 Å². The first-order chi connectivity index (χ1) is 16.2. The van der Waals surface area contributed by atoms with Crippen LogP contribution in [0.2, 0.25) is 0 Å². The molecule has 0 atom stereocenters. The van der Waals surface area contributed by atoms with Crippen LogP contribution in [0.15, 0.2) is 67.0 Å². The highest BCUT2D eigenvalue weighted by molar-refractivity contribution is 5.59. The largest absolute Gasteiger partial charge is 0.325 e. The molecule has 0 aliphatic carbocycles. The molecule has 0 amide bonds. The first-order valence-corrected chi connectivity index (χ1v) is 11.2. The van der Waals surface area contributed by atoms with Crippen LogP contribution in [0.4, 0.5) is 23.3 Å². The van der Waals surface area contributed by atoms with Gasteiger partial charge in [0.1, 0.15) is 17.3 Å². The molecule has 0 spiro atoms. The van der Waals surface area contributed by atoms with E-state index in [1.165, 1.54) is 18.4 Å². The summed E-state index contributed by atoms with van der Waals surface area (Å²) in [6.07, 6.45) is 5.80. The molecule has 3 aromatic heterocycles. The molecule has 166 valence electrons. The monoisotopic (exact) mass is 438 g/mol. The molecule has 1 aliphatic heterocycles. The maximum Gasteiger partial charge on any atom is 0.229 e. The number of hydrogen-bond acceptors (Lipinski definition) is 8. The van der Waals surface area contributed by atoms with Crippen molar-refractivity contribution >= 4 is 23.3 Å². The molecule has 4 heterocycles. The highest BCUT2D eigenvalue weighted by Gasteiger charge is 2.15. The van der Waals surface area contributed by atoms with Gasteiger partial charge in [-0.2, -0.15) is 4.98 Å². The molecule has 0 radical (unpaired) electrons. The molecule has 1 saturated heterocycles. The summed E-state index contributed by atoms with van der Waals surface area (Å²) in [6, 6.07) is 18.0. The lowest BCUT2D eigenvalue weighted by atomic mass is 9.90. The van der Waals surface area contributed by atoms with Gasteiger partial charge in [0.2, 0.25) is 5.95 Å². The lowest BCUT2D eigenvalue weighted by molar-refractivity contribution is 0.460. The van der Waals surface area contributed by atoms with Gasteiger partial charge >= 0.3 is 0 Å². The van der Waals surface area contributed by atoms with Crippen molar-refractivity contribution in [1.82, 2.24) is 30.2 Å². The molecule has 0 bridgehead atoms. The molecule has 8 nitrogen and oxygen atoms in total. The van der Waals surface area contributed by atoms with Crippen LogP contribution >= 0.6 is 0 Å². The number of aromatic nitrogens is 5. The summed E-state index contributed by atoms with van der Waals surface area (Å²) in [5.74, 6) is 2.99. The van der Waals surface area contributed by atoms with E-state index >= 15 is 0 Å². The van der Waals surface area contributed by atoms with Gasteiger partial charge in [0.15, 0.2) is 5.82 Å². The van der Waals surface area contributed by atoms with Gasteiger partial charge in [-0.3, -0.25) is 0 Å². The fourth-order valence-electron chi connectivity index (χ4n) is 3.96. The number of benzene rings is 1. The van der Waals surface area contributed by atoms with E-state index in [9.17, 15) is 0 Å². The molecule has 1 fully saturated rings. The third-order valence-electron chi connectivity index (χ3n) is 5.66. The number of nitrogens with one attached hydrogen (secondary N) is 3. The zero-order valence-electron chi connectivity index (χ0n) is 18.5. The van der Waals surface area contributed by atoms with Crippen LogP contribution in [0.1, 0.15) is 30.0 Å². The Balaban J connectivity index is 1.27. The molecule has 3 N–H and O–H groups in total. The Morgan fingerprint density at radius 3 is 2.33 bits per heavy atom. The summed E-state index contributed by atoms with van der Waals surface area (Å²) in [5, 5.41) is 9.94. The van der Waals surface area contributed by atoms with E-state index in [-0.39, 0.29) is 0 Å². The van der Waals surface area contributed by atoms with Gasteiger partial charge in [-0.15, -0.1) is 0 Å². The minimum atomic E-state index is 0.518. The molecule has 4 aromatic rings. The molecule has 1 aromatic carbocycles. The van der Waals surface area contributed by atoms with Gasteiger partial charge in [0, 0.05) is 23.8 Å². The van der Waals surface area contributed by atoms with Gasteiger partial charge in [-0.25, -0.2) is 19.9 Å². The van der Waals surface area contributed by atoms with Crippen molar-refractivity contribution in [3.05, 3.63) is 78.2 Å². The Bertz CT molecular complexity index is 1220. The molecule has 5 rings (SSSR count). The Labute approximate surface area is 193 Å². The molecular weight excluding hydrogens is 412 g/mol. The summed E-state index contributed by atoms with van der Waals surface area (Å²) in [6.45, 7) is 4.13. The number of hydrogen-bond donors (Lipinski definition) is 3. The Kier molecular flexibility index (Phi) is 6.16. The van der Waals surface area contributed by atoms with Crippen LogP contribution in [0.3, 0.4) is 0 Å². The summed E-state index contributed by atoms with van der Waals surface area (Å²) < 4.78 is 0. The number of nitrogens with zero attached hydrogens (tertiary/aromatic N) is 5. The highest BCUT2D eigenvalue weighted by atomic mass is 15.2. The van der Waals surface area contributed by atoms with Crippen molar-refractivity contribution in [3.63, 3.8) is 0 Å². The maximum absolute atomic E-state index is 4.58. The van der Waals surface area contributed by atoms with Crippen LogP contribution < -0.4 is 16.0 Å². The summed E-state index contributed by atoms with van der Waals surface area (Å²) >= 11 is 0. The van der Waals surface area contributed by atoms with Gasteiger partial charge in [-0.05, 0) is 80.7 Å². The molecule has 33 heavy (non-hydrogen) atoms. The van der Waals surface area contributed by atoms with E-state index < -0.39 is 0 Å². The topological polar surface area (TPSA) is 101 Å². The summed E-state index contributed by atoms with van der Waals surface area (Å²) in [4.78, 5) is 22.3. The minimum absolute atomic E-state index is 0.518. The molecular formula is C25H26N8. The lowest BCUT2D eigenvalue weighted by Gasteiger charge is -2.23. The quantitative estimate of drug-likeness (QED) is 0.402. The molecule has 1 aliphatic rings. The van der Waals surface area contributed by atoms with Crippen molar-refractivity contribution in [1.29, 1.82) is 0 Å². The zero-order chi connectivity index (χ0) is 22.5. The van der Waals surface area contributed by atoms with Crippen molar-refractivity contribution in [2.45, 2.75) is 25.7 Å². The standard InChI is InChI=1S/C25H26N8/c1-17-3-2-4-21(29-17)24-27-15-11-22(32-24)31-23-12-16-28-25(33-23)30-20-7-5-18(6-8-20)19-9-13-26-14-10-19/h2-8,11-12,15-16,19,26H,9-10,13-14H2,1H3,(H2,27,28,30,31,32,33). The van der Waals surface area contributed by atoms with Crippen LogP contribution in [-0.4, -0.2) is 38.0 Å². The fraction of sp³-hybridized carbons (Fsp3) is 0.240. The number of rotatable bonds is 6. The Morgan fingerprint density at radius 1 is 0.788 bits per heavy atom. The van der Waals surface area contributed by atoms with Gasteiger partial charge < -0.3 is 16.0 Å². The number of pyridine rings is 1. The third-order valence-corrected chi connectivity index (χ3v) is 5.66. The van der Waals surface area contributed by atoms with E-state index in [0.29, 0.717) is 29.3 Å². The van der Waals surface area contributed by atoms with E-state index in [1.807, 2.05) is 25.1 Å². The SMILES string of the molecule is Cc1cccc(-c2nccc(Nc3ccnc(Nc4ccc(C5CCNCC5)cc4)n3)n2)n1. The molecule has 8 heteroatoms. The van der Waals surface area contributed by atoms with E-state index in [0.717, 1.165) is 30.2 Å². The average Bonchev–Trinajstić information content (AvgIpc) is 2.85. The second-order valence-corrected chi connectivity index (χ2v) is 8.09.